The van der Waals surface area contributed by atoms with E-state index in [4.69, 9.17) is 10.2 Å². The van der Waals surface area contributed by atoms with Crippen LogP contribution in [-0.2, 0) is 4.79 Å². The molecular formula is C20H38NNaO4. The summed E-state index contributed by atoms with van der Waals surface area (Å²) in [5.41, 5.74) is 0. The van der Waals surface area contributed by atoms with Crippen molar-refractivity contribution in [3.8, 4) is 0 Å². The Morgan fingerprint density at radius 1 is 0.885 bits per heavy atom. The molecule has 0 saturated carbocycles. The molecule has 0 saturated heterocycles. The monoisotopic (exact) mass is 379 g/mol. The number of carbonyl (C=O) groups is 1. The summed E-state index contributed by atoms with van der Waals surface area (Å²) in [5.74, 6) is -1.50. The summed E-state index contributed by atoms with van der Waals surface area (Å²) in [6, 6.07) is -1.10. The summed E-state index contributed by atoms with van der Waals surface area (Å²) in [7, 11) is 0. The molecule has 2 N–H and O–H groups in total. The molecule has 6 heteroatoms. The van der Waals surface area contributed by atoms with Gasteiger partial charge in [0.25, 0.3) is 0 Å². The first-order valence-electron chi connectivity index (χ1n) is 10.2. The van der Waals surface area contributed by atoms with Gasteiger partial charge in [0.05, 0.1) is 0 Å². The number of unbranched alkanes of at least 4 members (excludes halogenated alkanes) is 12. The number of aliphatic hydroxyl groups excluding tert-OH is 1. The van der Waals surface area contributed by atoms with Crippen molar-refractivity contribution >= 4 is 11.9 Å². The first-order chi connectivity index (χ1) is 12.1. The third-order valence-electron chi connectivity index (χ3n) is 4.48. The zero-order valence-electron chi connectivity index (χ0n) is 17.0. The van der Waals surface area contributed by atoms with Gasteiger partial charge in [0, 0.05) is 13.0 Å². The molecule has 0 amide bonds. The molecule has 0 aromatic carbocycles. The number of hydrogen-bond donors (Lipinski definition) is 2. The number of aliphatic hydroxyl groups is 1. The molecule has 0 fully saturated rings. The van der Waals surface area contributed by atoms with Crippen LogP contribution >= 0.6 is 0 Å². The van der Waals surface area contributed by atoms with Gasteiger partial charge in [0.15, 0.2) is 0 Å². The minimum Gasteiger partial charge on any atom is -0.862 e. The molecule has 0 bridgehead atoms. The van der Waals surface area contributed by atoms with Gasteiger partial charge in [-0.3, -0.25) is 4.99 Å². The van der Waals surface area contributed by atoms with E-state index in [9.17, 15) is 9.90 Å². The fourth-order valence-corrected chi connectivity index (χ4v) is 2.90. The van der Waals surface area contributed by atoms with Gasteiger partial charge < -0.3 is 15.3 Å². The van der Waals surface area contributed by atoms with Crippen molar-refractivity contribution < 1.29 is 49.7 Å². The van der Waals surface area contributed by atoms with Crippen LogP contribution in [0, 0.1) is 0 Å². The number of aliphatic imine (C=N–C) groups is 1. The zero-order chi connectivity index (χ0) is 18.8. The topological polar surface area (TPSA) is 93.0 Å². The number of carboxylic acid groups (broad SMARTS) is 1. The Hall–Kier alpha value is -0.100. The smallest absolute Gasteiger partial charge is 0.862 e. The predicted molar refractivity (Wildman–Crippen MR) is 101 cm³/mol. The zero-order valence-corrected chi connectivity index (χ0v) is 19.0. The van der Waals surface area contributed by atoms with Crippen LogP contribution in [0.2, 0.25) is 0 Å². The largest absolute Gasteiger partial charge is 1.00 e. The average Bonchev–Trinajstić information content (AvgIpc) is 2.58. The average molecular weight is 380 g/mol. The molecule has 5 nitrogen and oxygen atoms in total. The molecule has 0 aliphatic rings. The van der Waals surface area contributed by atoms with E-state index in [2.05, 4.69) is 11.9 Å². The summed E-state index contributed by atoms with van der Waals surface area (Å²) in [5, 5.41) is 29.3. The second kappa shape index (κ2) is 21.2. The number of aliphatic carboxylic acids is 1. The molecule has 0 rings (SSSR count). The molecule has 0 aromatic heterocycles. The van der Waals surface area contributed by atoms with Crippen LogP contribution in [0.25, 0.3) is 0 Å². The second-order valence-electron chi connectivity index (χ2n) is 6.88. The number of hydrogen-bond acceptors (Lipinski definition) is 4. The second-order valence-corrected chi connectivity index (χ2v) is 6.88. The van der Waals surface area contributed by atoms with Gasteiger partial charge >= 0.3 is 35.5 Å². The predicted octanol–water partition coefficient (Wildman–Crippen LogP) is 1.07. The standard InChI is InChI=1S/C20H39NO4.Na/c1-2-3-4-5-6-7-8-9-10-11-12-13-14-15-19(23)21-18(16-17-22)20(24)25;/h18,22H,2-17H2,1H3,(H,21,23)(H,24,25);/q;+1/p-1/t18-;/m0./s1. The van der Waals surface area contributed by atoms with Gasteiger partial charge in [0.1, 0.15) is 6.04 Å². The van der Waals surface area contributed by atoms with Crippen molar-refractivity contribution in [2.24, 2.45) is 4.99 Å². The molecule has 0 heterocycles. The van der Waals surface area contributed by atoms with E-state index in [0.717, 1.165) is 19.3 Å². The van der Waals surface area contributed by atoms with Crippen LogP contribution in [0.1, 0.15) is 103 Å². The van der Waals surface area contributed by atoms with Crippen molar-refractivity contribution in [2.75, 3.05) is 6.61 Å². The third kappa shape index (κ3) is 18.7. The maximum atomic E-state index is 11.6. The first-order valence-corrected chi connectivity index (χ1v) is 10.2. The van der Waals surface area contributed by atoms with E-state index in [1.807, 2.05) is 0 Å². The Kier molecular flexibility index (Phi) is 22.9. The first kappa shape index (κ1) is 28.1. The van der Waals surface area contributed by atoms with Gasteiger partial charge in [0.2, 0.25) is 0 Å². The van der Waals surface area contributed by atoms with Crippen molar-refractivity contribution in [2.45, 2.75) is 109 Å². The Morgan fingerprint density at radius 3 is 1.69 bits per heavy atom. The Labute approximate surface area is 182 Å². The van der Waals surface area contributed by atoms with Gasteiger partial charge in [-0.15, -0.1) is 0 Å². The van der Waals surface area contributed by atoms with Crippen LogP contribution in [0.4, 0.5) is 0 Å². The normalized spacial score (nSPS) is 12.6. The van der Waals surface area contributed by atoms with E-state index < -0.39 is 12.0 Å². The Bertz CT molecular complexity index is 351. The Balaban J connectivity index is 0. The molecule has 0 radical (unpaired) electrons. The number of nitrogens with zero attached hydrogens (tertiary/aromatic N) is 1. The molecule has 148 valence electrons. The molecule has 0 aliphatic carbocycles. The van der Waals surface area contributed by atoms with Crippen LogP contribution in [0.5, 0.6) is 0 Å². The fraction of sp³-hybridized carbons (Fsp3) is 0.900. The van der Waals surface area contributed by atoms with Crippen LogP contribution < -0.4 is 34.7 Å². The third-order valence-corrected chi connectivity index (χ3v) is 4.48. The molecular weight excluding hydrogens is 341 g/mol. The summed E-state index contributed by atoms with van der Waals surface area (Å²) in [6.07, 6.45) is 16.5. The van der Waals surface area contributed by atoms with Crippen LogP contribution in [-0.4, -0.2) is 34.7 Å². The van der Waals surface area contributed by atoms with Gasteiger partial charge in [-0.2, -0.15) is 0 Å². The summed E-state index contributed by atoms with van der Waals surface area (Å²) >= 11 is 0. The van der Waals surface area contributed by atoms with Crippen molar-refractivity contribution in [1.29, 1.82) is 0 Å². The van der Waals surface area contributed by atoms with Gasteiger partial charge in [-0.05, 0) is 18.7 Å². The molecule has 1 atom stereocenters. The Morgan fingerprint density at radius 2 is 1.31 bits per heavy atom. The maximum absolute atomic E-state index is 11.6. The molecule has 0 unspecified atom stereocenters. The molecule has 0 spiro atoms. The number of carboxylic acids is 1. The molecule has 0 aromatic rings. The minimum absolute atomic E-state index is 0. The SMILES string of the molecule is CCCCCCCCCCCCCCCC([O-])=N[C@@H](CCO)C(=O)O.[Na+]. The number of rotatable bonds is 18. The maximum Gasteiger partial charge on any atom is 1.00 e. The van der Waals surface area contributed by atoms with E-state index in [0.29, 0.717) is 6.42 Å². The van der Waals surface area contributed by atoms with Crippen molar-refractivity contribution in [3.05, 3.63) is 0 Å². The van der Waals surface area contributed by atoms with E-state index >= 15 is 0 Å². The fourth-order valence-electron chi connectivity index (χ4n) is 2.90. The molecule has 26 heavy (non-hydrogen) atoms. The van der Waals surface area contributed by atoms with E-state index in [1.165, 1.54) is 64.2 Å². The summed E-state index contributed by atoms with van der Waals surface area (Å²) < 4.78 is 0. The summed E-state index contributed by atoms with van der Waals surface area (Å²) in [6.45, 7) is 1.97. The van der Waals surface area contributed by atoms with Gasteiger partial charge in [-0.1, -0.05) is 84.0 Å². The molecule has 0 aliphatic heterocycles. The van der Waals surface area contributed by atoms with E-state index in [-0.39, 0.29) is 48.5 Å². The van der Waals surface area contributed by atoms with Crippen LogP contribution in [0.3, 0.4) is 0 Å². The quantitative estimate of drug-likeness (QED) is 0.161. The van der Waals surface area contributed by atoms with Gasteiger partial charge in [-0.25, -0.2) is 4.79 Å². The van der Waals surface area contributed by atoms with Crippen molar-refractivity contribution in [3.63, 3.8) is 0 Å². The van der Waals surface area contributed by atoms with E-state index in [1.54, 1.807) is 0 Å². The minimum atomic E-state index is -1.15. The summed E-state index contributed by atoms with van der Waals surface area (Å²) in [4.78, 5) is 14.5. The van der Waals surface area contributed by atoms with Crippen LogP contribution in [0.15, 0.2) is 4.99 Å². The van der Waals surface area contributed by atoms with Crippen molar-refractivity contribution in [1.82, 2.24) is 0 Å².